The van der Waals surface area contributed by atoms with Crippen molar-refractivity contribution in [1.82, 2.24) is 15.5 Å². The van der Waals surface area contributed by atoms with Gasteiger partial charge in [-0.05, 0) is 6.07 Å². The molecule has 0 aliphatic heterocycles. The monoisotopic (exact) mass is 295 g/mol. The fourth-order valence-electron chi connectivity index (χ4n) is 1.71. The maximum absolute atomic E-state index is 6.20. The van der Waals surface area contributed by atoms with Crippen molar-refractivity contribution in [3.63, 3.8) is 0 Å². The van der Waals surface area contributed by atoms with Gasteiger partial charge in [0, 0.05) is 25.1 Å². The molecule has 0 aliphatic carbocycles. The van der Waals surface area contributed by atoms with Crippen molar-refractivity contribution in [1.29, 1.82) is 0 Å². The lowest BCUT2D eigenvalue weighted by Crippen LogP contribution is -2.22. The lowest BCUT2D eigenvalue weighted by molar-refractivity contribution is 0.282. The van der Waals surface area contributed by atoms with Gasteiger partial charge < -0.3 is 14.6 Å². The molecule has 0 aliphatic rings. The van der Waals surface area contributed by atoms with Crippen molar-refractivity contribution in [2.24, 2.45) is 0 Å². The van der Waals surface area contributed by atoms with Crippen LogP contribution < -0.4 is 10.1 Å². The molecule has 5 nitrogen and oxygen atoms in total. The van der Waals surface area contributed by atoms with E-state index in [9.17, 15) is 0 Å². The number of hydrogen-bond donors (Lipinski definition) is 1. The maximum Gasteiger partial charge on any atom is 0.223 e. The zero-order valence-electron chi connectivity index (χ0n) is 11.8. The number of hydrogen-bond acceptors (Lipinski definition) is 5. The minimum Gasteiger partial charge on any atom is -0.484 e. The van der Waals surface area contributed by atoms with Gasteiger partial charge in [0.25, 0.3) is 0 Å². The number of ether oxygens (including phenoxy) is 1. The van der Waals surface area contributed by atoms with Crippen LogP contribution in [-0.2, 0) is 13.2 Å². The van der Waals surface area contributed by atoms with E-state index in [2.05, 4.69) is 29.3 Å². The van der Waals surface area contributed by atoms with Gasteiger partial charge >= 0.3 is 0 Å². The molecule has 1 heterocycles. The molecule has 0 spiro atoms. The molecule has 108 valence electrons. The summed E-state index contributed by atoms with van der Waals surface area (Å²) in [7, 11) is 0. The van der Waals surface area contributed by atoms with Crippen molar-refractivity contribution in [2.45, 2.75) is 40.0 Å². The van der Waals surface area contributed by atoms with Gasteiger partial charge in [0.2, 0.25) is 11.7 Å². The molecule has 6 heteroatoms. The number of nitrogens with one attached hydrogen (secondary N) is 1. The van der Waals surface area contributed by atoms with Gasteiger partial charge in [-0.1, -0.05) is 42.7 Å². The van der Waals surface area contributed by atoms with Gasteiger partial charge in [0.1, 0.15) is 5.75 Å². The number of nitrogens with zero attached hydrogens (tertiary/aromatic N) is 2. The van der Waals surface area contributed by atoms with E-state index >= 15 is 0 Å². The highest BCUT2D eigenvalue weighted by atomic mass is 35.5. The molecular formula is C14H18ClN3O2. The zero-order valence-corrected chi connectivity index (χ0v) is 12.6. The number of para-hydroxylation sites is 1. The normalized spacial score (nSPS) is 11.1. The lowest BCUT2D eigenvalue weighted by atomic mass is 10.2. The van der Waals surface area contributed by atoms with Crippen LogP contribution >= 0.6 is 11.6 Å². The molecule has 1 aromatic heterocycles. The third-order valence-corrected chi connectivity index (χ3v) is 2.96. The van der Waals surface area contributed by atoms with E-state index in [1.165, 1.54) is 0 Å². The second-order valence-corrected chi connectivity index (χ2v) is 5.19. The number of halogens is 1. The summed E-state index contributed by atoms with van der Waals surface area (Å²) in [5.74, 6) is 1.68. The SMILES string of the molecule is Cc1nc(COc2c(Cl)cccc2CNC(C)C)no1. The van der Waals surface area contributed by atoms with Gasteiger partial charge in [-0.15, -0.1) is 0 Å². The van der Waals surface area contributed by atoms with Crippen molar-refractivity contribution >= 4 is 11.6 Å². The minimum absolute atomic E-state index is 0.232. The van der Waals surface area contributed by atoms with E-state index in [1.54, 1.807) is 13.0 Å². The van der Waals surface area contributed by atoms with Gasteiger partial charge in [-0.25, -0.2) is 0 Å². The molecule has 0 saturated carbocycles. The molecule has 2 aromatic rings. The first-order valence-electron chi connectivity index (χ1n) is 6.49. The summed E-state index contributed by atoms with van der Waals surface area (Å²) in [5, 5.41) is 7.71. The predicted octanol–water partition coefficient (Wildman–Crippen LogP) is 3.11. The van der Waals surface area contributed by atoms with Crippen LogP contribution in [0.4, 0.5) is 0 Å². The van der Waals surface area contributed by atoms with Crippen LogP contribution in [0.2, 0.25) is 5.02 Å². The van der Waals surface area contributed by atoms with Crippen molar-refractivity contribution < 1.29 is 9.26 Å². The van der Waals surface area contributed by atoms with Crippen LogP contribution in [-0.4, -0.2) is 16.2 Å². The standard InChI is InChI=1S/C14H18ClN3O2/c1-9(2)16-7-11-5-4-6-12(15)14(11)19-8-13-17-10(3)20-18-13/h4-6,9,16H,7-8H2,1-3H3. The Balaban J connectivity index is 2.08. The number of benzene rings is 1. The molecular weight excluding hydrogens is 278 g/mol. The van der Waals surface area contributed by atoms with Gasteiger partial charge in [-0.3, -0.25) is 0 Å². The van der Waals surface area contributed by atoms with Crippen LogP contribution in [0.15, 0.2) is 22.7 Å². The summed E-state index contributed by atoms with van der Waals surface area (Å²) < 4.78 is 10.6. The van der Waals surface area contributed by atoms with Crippen LogP contribution in [0.1, 0.15) is 31.1 Å². The molecule has 0 saturated heterocycles. The molecule has 0 fully saturated rings. The number of aryl methyl sites for hydroxylation is 1. The topological polar surface area (TPSA) is 60.2 Å². The number of aromatic nitrogens is 2. The molecule has 2 rings (SSSR count). The van der Waals surface area contributed by atoms with Crippen LogP contribution in [0.5, 0.6) is 5.75 Å². The first kappa shape index (κ1) is 14.8. The summed E-state index contributed by atoms with van der Waals surface area (Å²) in [6.07, 6.45) is 0. The fourth-order valence-corrected chi connectivity index (χ4v) is 1.95. The highest BCUT2D eigenvalue weighted by Crippen LogP contribution is 2.29. The van der Waals surface area contributed by atoms with E-state index in [0.717, 1.165) is 5.56 Å². The molecule has 0 atom stereocenters. The average Bonchev–Trinajstić information content (AvgIpc) is 2.81. The molecule has 0 unspecified atom stereocenters. The predicted molar refractivity (Wildman–Crippen MR) is 76.8 cm³/mol. The van der Waals surface area contributed by atoms with E-state index < -0.39 is 0 Å². The fraction of sp³-hybridized carbons (Fsp3) is 0.429. The Bertz CT molecular complexity index is 569. The summed E-state index contributed by atoms with van der Waals surface area (Å²) in [6.45, 7) is 6.85. The van der Waals surface area contributed by atoms with E-state index in [4.69, 9.17) is 20.9 Å². The molecule has 0 radical (unpaired) electrons. The third-order valence-electron chi connectivity index (χ3n) is 2.66. The van der Waals surface area contributed by atoms with Crippen LogP contribution in [0.25, 0.3) is 0 Å². The largest absolute Gasteiger partial charge is 0.484 e. The Morgan fingerprint density at radius 3 is 2.85 bits per heavy atom. The minimum atomic E-state index is 0.232. The summed E-state index contributed by atoms with van der Waals surface area (Å²) >= 11 is 6.20. The van der Waals surface area contributed by atoms with E-state index in [-0.39, 0.29) is 6.61 Å². The molecule has 0 bridgehead atoms. The Kier molecular flexibility index (Phi) is 4.98. The van der Waals surface area contributed by atoms with Crippen molar-refractivity contribution in [3.8, 4) is 5.75 Å². The Hall–Kier alpha value is -1.59. The molecule has 0 amide bonds. The average molecular weight is 296 g/mol. The quantitative estimate of drug-likeness (QED) is 0.887. The van der Waals surface area contributed by atoms with E-state index in [1.807, 2.05) is 12.1 Å². The van der Waals surface area contributed by atoms with Gasteiger partial charge in [-0.2, -0.15) is 4.98 Å². The summed E-state index contributed by atoms with van der Waals surface area (Å²) in [6, 6.07) is 6.09. The van der Waals surface area contributed by atoms with Crippen LogP contribution in [0, 0.1) is 6.92 Å². The Labute approximate surface area is 123 Å². The van der Waals surface area contributed by atoms with E-state index in [0.29, 0.717) is 35.1 Å². The second kappa shape index (κ2) is 6.72. The first-order valence-corrected chi connectivity index (χ1v) is 6.87. The molecule has 1 aromatic carbocycles. The highest BCUT2D eigenvalue weighted by Gasteiger charge is 2.11. The van der Waals surface area contributed by atoms with Gasteiger partial charge in [0.15, 0.2) is 6.61 Å². The van der Waals surface area contributed by atoms with Crippen molar-refractivity contribution in [3.05, 3.63) is 40.5 Å². The molecule has 20 heavy (non-hydrogen) atoms. The molecule has 1 N–H and O–H groups in total. The third kappa shape index (κ3) is 3.95. The smallest absolute Gasteiger partial charge is 0.223 e. The summed E-state index contributed by atoms with van der Waals surface area (Å²) in [5.41, 5.74) is 1.01. The summed E-state index contributed by atoms with van der Waals surface area (Å²) in [4.78, 5) is 4.10. The highest BCUT2D eigenvalue weighted by molar-refractivity contribution is 6.32. The Morgan fingerprint density at radius 1 is 1.40 bits per heavy atom. The number of rotatable bonds is 6. The lowest BCUT2D eigenvalue weighted by Gasteiger charge is -2.14. The Morgan fingerprint density at radius 2 is 2.20 bits per heavy atom. The van der Waals surface area contributed by atoms with Gasteiger partial charge in [0.05, 0.1) is 5.02 Å². The van der Waals surface area contributed by atoms with Crippen molar-refractivity contribution in [2.75, 3.05) is 0 Å². The maximum atomic E-state index is 6.20. The van der Waals surface area contributed by atoms with Crippen LogP contribution in [0.3, 0.4) is 0 Å². The second-order valence-electron chi connectivity index (χ2n) is 4.78. The first-order chi connectivity index (χ1) is 9.56. The zero-order chi connectivity index (χ0) is 14.5.